The number of hydrogen-bond donors (Lipinski definition) is 3. The SMILES string of the molecule is C=CC(=O)OCC1CO1.CCOCC.OC(O)(O)c1ccccc1. The highest BCUT2D eigenvalue weighted by atomic mass is 16.7. The molecule has 0 aliphatic carbocycles. The molecule has 1 aromatic carbocycles. The maximum atomic E-state index is 10.3. The van der Waals surface area contributed by atoms with Gasteiger partial charge in [-0.2, -0.15) is 0 Å². The second-order valence-electron chi connectivity index (χ2n) is 4.57. The monoisotopic (exact) mass is 342 g/mol. The number of ether oxygens (including phenoxy) is 3. The van der Waals surface area contributed by atoms with E-state index in [1.807, 2.05) is 13.8 Å². The van der Waals surface area contributed by atoms with Crippen LogP contribution in [0, 0.1) is 0 Å². The molecule has 1 fully saturated rings. The minimum atomic E-state index is -2.71. The summed E-state index contributed by atoms with van der Waals surface area (Å²) in [5.74, 6) is -3.09. The highest BCUT2D eigenvalue weighted by molar-refractivity contribution is 5.81. The molecule has 0 saturated carbocycles. The lowest BCUT2D eigenvalue weighted by Crippen LogP contribution is -2.23. The Morgan fingerprint density at radius 2 is 1.83 bits per heavy atom. The molecule has 2 rings (SSSR count). The molecule has 7 nitrogen and oxygen atoms in total. The molecule has 1 heterocycles. The second kappa shape index (κ2) is 12.6. The lowest BCUT2D eigenvalue weighted by molar-refractivity contribution is -0.323. The maximum absolute atomic E-state index is 10.3. The minimum absolute atomic E-state index is 0.0648. The van der Waals surface area contributed by atoms with Gasteiger partial charge >= 0.3 is 11.9 Å². The number of hydrogen-bond acceptors (Lipinski definition) is 7. The number of benzene rings is 1. The van der Waals surface area contributed by atoms with E-state index in [2.05, 4.69) is 11.3 Å². The Balaban J connectivity index is 0.000000351. The van der Waals surface area contributed by atoms with Gasteiger partial charge < -0.3 is 29.5 Å². The van der Waals surface area contributed by atoms with Gasteiger partial charge in [0.05, 0.1) is 6.61 Å². The average Bonchev–Trinajstić information content (AvgIpc) is 3.39. The molecular weight excluding hydrogens is 316 g/mol. The van der Waals surface area contributed by atoms with Crippen molar-refractivity contribution >= 4 is 5.97 Å². The molecule has 3 N–H and O–H groups in total. The molecule has 1 aliphatic rings. The normalized spacial score (nSPS) is 15.1. The van der Waals surface area contributed by atoms with Crippen LogP contribution in [0.25, 0.3) is 0 Å². The molecule has 7 heteroatoms. The van der Waals surface area contributed by atoms with E-state index in [0.29, 0.717) is 13.2 Å². The Morgan fingerprint density at radius 1 is 1.29 bits per heavy atom. The van der Waals surface area contributed by atoms with Crippen molar-refractivity contribution in [2.24, 2.45) is 0 Å². The molecule has 0 radical (unpaired) electrons. The molecular formula is C17H26O7. The summed E-state index contributed by atoms with van der Waals surface area (Å²) < 4.78 is 14.3. The van der Waals surface area contributed by atoms with Crippen molar-refractivity contribution in [3.8, 4) is 0 Å². The summed E-state index contributed by atoms with van der Waals surface area (Å²) in [7, 11) is 0. The summed E-state index contributed by atoms with van der Waals surface area (Å²) in [6.07, 6.45) is 1.29. The van der Waals surface area contributed by atoms with Gasteiger partial charge in [-0.15, -0.1) is 0 Å². The van der Waals surface area contributed by atoms with Gasteiger partial charge in [0.2, 0.25) is 0 Å². The first-order valence-electron chi connectivity index (χ1n) is 7.56. The van der Waals surface area contributed by atoms with Crippen LogP contribution in [0.4, 0.5) is 0 Å². The molecule has 1 atom stereocenters. The Kier molecular flexibility index (Phi) is 11.7. The zero-order valence-corrected chi connectivity index (χ0v) is 14.1. The predicted octanol–water partition coefficient (Wildman–Crippen LogP) is 0.931. The highest BCUT2D eigenvalue weighted by Crippen LogP contribution is 2.12. The van der Waals surface area contributed by atoms with Crippen molar-refractivity contribution in [2.45, 2.75) is 25.9 Å². The van der Waals surface area contributed by atoms with Gasteiger partial charge in [0, 0.05) is 24.9 Å². The van der Waals surface area contributed by atoms with Crippen LogP contribution in [0.3, 0.4) is 0 Å². The average molecular weight is 342 g/mol. The van der Waals surface area contributed by atoms with Crippen molar-refractivity contribution in [1.82, 2.24) is 0 Å². The quantitative estimate of drug-likeness (QED) is 0.305. The van der Waals surface area contributed by atoms with E-state index in [4.69, 9.17) is 24.8 Å². The van der Waals surface area contributed by atoms with Crippen LogP contribution in [0.1, 0.15) is 19.4 Å². The number of carbonyl (C=O) groups excluding carboxylic acids is 1. The van der Waals surface area contributed by atoms with Crippen molar-refractivity contribution in [3.63, 3.8) is 0 Å². The molecule has 1 aliphatic heterocycles. The summed E-state index contributed by atoms with van der Waals surface area (Å²) in [6.45, 7) is 9.99. The largest absolute Gasteiger partial charge is 0.460 e. The lowest BCUT2D eigenvalue weighted by atomic mass is 10.2. The molecule has 24 heavy (non-hydrogen) atoms. The number of epoxide rings is 1. The third-order valence-electron chi connectivity index (χ3n) is 2.55. The number of rotatable bonds is 6. The first kappa shape index (κ1) is 22.2. The van der Waals surface area contributed by atoms with Crippen molar-refractivity contribution in [1.29, 1.82) is 0 Å². The van der Waals surface area contributed by atoms with Gasteiger partial charge in [0.25, 0.3) is 0 Å². The number of carbonyl (C=O) groups is 1. The third-order valence-corrected chi connectivity index (χ3v) is 2.55. The molecule has 136 valence electrons. The molecule has 1 aromatic rings. The lowest BCUT2D eigenvalue weighted by Gasteiger charge is -2.12. The summed E-state index contributed by atoms with van der Waals surface area (Å²) in [4.78, 5) is 10.3. The van der Waals surface area contributed by atoms with Crippen LogP contribution < -0.4 is 0 Å². The highest BCUT2D eigenvalue weighted by Gasteiger charge is 2.23. The Hall–Kier alpha value is -1.77. The van der Waals surface area contributed by atoms with Gasteiger partial charge in [-0.25, -0.2) is 4.79 Å². The van der Waals surface area contributed by atoms with E-state index in [0.717, 1.165) is 19.3 Å². The molecule has 0 bridgehead atoms. The number of esters is 1. The Labute approximate surface area is 142 Å². The van der Waals surface area contributed by atoms with Gasteiger partial charge in [0.1, 0.15) is 12.7 Å². The molecule has 0 spiro atoms. The fourth-order valence-electron chi connectivity index (χ4n) is 1.26. The van der Waals surface area contributed by atoms with Crippen molar-refractivity contribution in [3.05, 3.63) is 48.6 Å². The number of aliphatic hydroxyl groups is 3. The smallest absolute Gasteiger partial charge is 0.330 e. The van der Waals surface area contributed by atoms with Crippen molar-refractivity contribution < 1.29 is 34.3 Å². The standard InChI is InChI=1S/C7H8O3.C6H8O3.C4H10O/c8-7(9,10)6-4-2-1-3-5-6;1-2-6(7)9-4-5-3-8-5;1-3-5-4-2/h1-5,8-10H;2,5H,1,3-4H2;3-4H2,1-2H3. The van der Waals surface area contributed by atoms with Crippen LogP contribution in [0.5, 0.6) is 0 Å². The Morgan fingerprint density at radius 3 is 2.12 bits per heavy atom. The second-order valence-corrected chi connectivity index (χ2v) is 4.57. The molecule has 1 unspecified atom stereocenters. The predicted molar refractivity (Wildman–Crippen MR) is 87.8 cm³/mol. The molecule has 0 aromatic heterocycles. The summed E-state index contributed by atoms with van der Waals surface area (Å²) >= 11 is 0. The van der Waals surface area contributed by atoms with Crippen LogP contribution in [0.15, 0.2) is 43.0 Å². The van der Waals surface area contributed by atoms with E-state index >= 15 is 0 Å². The topological polar surface area (TPSA) is 109 Å². The van der Waals surface area contributed by atoms with Gasteiger partial charge in [0.15, 0.2) is 0 Å². The fourth-order valence-corrected chi connectivity index (χ4v) is 1.26. The van der Waals surface area contributed by atoms with E-state index in [1.54, 1.807) is 18.2 Å². The molecule has 1 saturated heterocycles. The van der Waals surface area contributed by atoms with E-state index < -0.39 is 5.97 Å². The van der Waals surface area contributed by atoms with Crippen molar-refractivity contribution in [2.75, 3.05) is 26.4 Å². The minimum Gasteiger partial charge on any atom is -0.460 e. The van der Waals surface area contributed by atoms with E-state index in [9.17, 15) is 4.79 Å². The van der Waals surface area contributed by atoms with Gasteiger partial charge in [-0.3, -0.25) is 0 Å². The Bertz CT molecular complexity index is 448. The van der Waals surface area contributed by atoms with E-state index in [-0.39, 0.29) is 17.6 Å². The van der Waals surface area contributed by atoms with E-state index in [1.165, 1.54) is 12.1 Å². The van der Waals surface area contributed by atoms with Crippen LogP contribution in [0.2, 0.25) is 0 Å². The first-order valence-corrected chi connectivity index (χ1v) is 7.56. The van der Waals surface area contributed by atoms with Crippen LogP contribution >= 0.6 is 0 Å². The zero-order chi connectivity index (χ0) is 18.4. The van der Waals surface area contributed by atoms with Crippen LogP contribution in [-0.4, -0.2) is 53.8 Å². The maximum Gasteiger partial charge on any atom is 0.330 e. The molecule has 0 amide bonds. The van der Waals surface area contributed by atoms with Gasteiger partial charge in [-0.1, -0.05) is 36.9 Å². The summed E-state index contributed by atoms with van der Waals surface area (Å²) in [6, 6.07) is 7.76. The fraction of sp³-hybridized carbons (Fsp3) is 0.471. The zero-order valence-electron chi connectivity index (χ0n) is 14.1. The first-order chi connectivity index (χ1) is 11.3. The summed E-state index contributed by atoms with van der Waals surface area (Å²) in [5.41, 5.74) is 0.0648. The third kappa shape index (κ3) is 12.7. The van der Waals surface area contributed by atoms with Gasteiger partial charge in [-0.05, 0) is 13.8 Å². The summed E-state index contributed by atoms with van der Waals surface area (Å²) in [5, 5.41) is 25.8. The van der Waals surface area contributed by atoms with Crippen LogP contribution in [-0.2, 0) is 25.0 Å².